The van der Waals surface area contributed by atoms with Crippen LogP contribution in [0.15, 0.2) is 5.16 Å². The standard InChI is InChI=1S/C13H24N4O3/c1-9-3-8-20-11(9)13(18)17-6-4-16(5-7-17)10(2)12(14)15-19/h9-11,19H,3-8H2,1-2H3,(H2,14,15). The summed E-state index contributed by atoms with van der Waals surface area (Å²) in [6.07, 6.45) is 0.680. The Labute approximate surface area is 119 Å². The molecule has 0 aromatic heterocycles. The third kappa shape index (κ3) is 3.04. The van der Waals surface area contributed by atoms with Crippen LogP contribution in [0, 0.1) is 5.92 Å². The van der Waals surface area contributed by atoms with Gasteiger partial charge >= 0.3 is 0 Å². The van der Waals surface area contributed by atoms with Crippen molar-refractivity contribution in [3.63, 3.8) is 0 Å². The minimum Gasteiger partial charge on any atom is -0.409 e. The predicted molar refractivity (Wildman–Crippen MR) is 74.5 cm³/mol. The van der Waals surface area contributed by atoms with Crippen LogP contribution in [0.5, 0.6) is 0 Å². The van der Waals surface area contributed by atoms with Crippen molar-refractivity contribution in [1.82, 2.24) is 9.80 Å². The summed E-state index contributed by atoms with van der Waals surface area (Å²) in [5.41, 5.74) is 5.62. The molecule has 2 rings (SSSR count). The number of oxime groups is 1. The molecule has 0 aromatic carbocycles. The van der Waals surface area contributed by atoms with Crippen LogP contribution in [0.2, 0.25) is 0 Å². The summed E-state index contributed by atoms with van der Waals surface area (Å²) in [7, 11) is 0. The highest BCUT2D eigenvalue weighted by Crippen LogP contribution is 2.22. The lowest BCUT2D eigenvalue weighted by Gasteiger charge is -2.38. The second kappa shape index (κ2) is 6.41. The van der Waals surface area contributed by atoms with Gasteiger partial charge < -0.3 is 20.6 Å². The van der Waals surface area contributed by atoms with Gasteiger partial charge in [-0.3, -0.25) is 9.69 Å². The fraction of sp³-hybridized carbons (Fsp3) is 0.846. The summed E-state index contributed by atoms with van der Waals surface area (Å²) in [6, 6.07) is -0.112. The average molecular weight is 284 g/mol. The molecule has 0 radical (unpaired) electrons. The third-order valence-corrected chi connectivity index (χ3v) is 4.35. The Morgan fingerprint density at radius 1 is 1.40 bits per heavy atom. The maximum Gasteiger partial charge on any atom is 0.252 e. The number of piperazine rings is 1. The van der Waals surface area contributed by atoms with Gasteiger partial charge in [0.05, 0.1) is 6.04 Å². The van der Waals surface area contributed by atoms with Crippen LogP contribution in [-0.4, -0.2) is 71.7 Å². The molecule has 0 bridgehead atoms. The number of rotatable bonds is 3. The lowest BCUT2D eigenvalue weighted by Crippen LogP contribution is -2.56. The molecule has 20 heavy (non-hydrogen) atoms. The van der Waals surface area contributed by atoms with Crippen LogP contribution in [0.3, 0.4) is 0 Å². The Balaban J connectivity index is 1.86. The van der Waals surface area contributed by atoms with Crippen molar-refractivity contribution in [2.24, 2.45) is 16.8 Å². The molecule has 0 aromatic rings. The van der Waals surface area contributed by atoms with E-state index in [0.717, 1.165) is 19.5 Å². The summed E-state index contributed by atoms with van der Waals surface area (Å²) in [5, 5.41) is 11.7. The highest BCUT2D eigenvalue weighted by Gasteiger charge is 2.35. The van der Waals surface area contributed by atoms with E-state index in [0.29, 0.717) is 25.6 Å². The van der Waals surface area contributed by atoms with Gasteiger partial charge in [0.2, 0.25) is 0 Å². The number of amidine groups is 1. The molecule has 1 amide bonds. The van der Waals surface area contributed by atoms with Crippen LogP contribution >= 0.6 is 0 Å². The van der Waals surface area contributed by atoms with Crippen molar-refractivity contribution in [2.45, 2.75) is 32.4 Å². The molecule has 3 unspecified atom stereocenters. The molecule has 2 aliphatic rings. The summed E-state index contributed by atoms with van der Waals surface area (Å²) in [4.78, 5) is 16.3. The maximum atomic E-state index is 12.4. The second-order valence-corrected chi connectivity index (χ2v) is 5.62. The van der Waals surface area contributed by atoms with E-state index in [9.17, 15) is 4.79 Å². The topological polar surface area (TPSA) is 91.4 Å². The number of carbonyl (C=O) groups is 1. The van der Waals surface area contributed by atoms with Crippen LogP contribution in [0.1, 0.15) is 20.3 Å². The maximum absolute atomic E-state index is 12.4. The lowest BCUT2D eigenvalue weighted by molar-refractivity contribution is -0.144. The van der Waals surface area contributed by atoms with Gasteiger partial charge in [-0.1, -0.05) is 12.1 Å². The van der Waals surface area contributed by atoms with Crippen molar-refractivity contribution in [2.75, 3.05) is 32.8 Å². The first-order valence-corrected chi connectivity index (χ1v) is 7.16. The highest BCUT2D eigenvalue weighted by molar-refractivity contribution is 5.85. The summed E-state index contributed by atoms with van der Waals surface area (Å²) < 4.78 is 5.53. The molecule has 2 saturated heterocycles. The zero-order valence-corrected chi connectivity index (χ0v) is 12.2. The average Bonchev–Trinajstić information content (AvgIpc) is 2.91. The van der Waals surface area contributed by atoms with E-state index in [1.165, 1.54) is 0 Å². The molecular formula is C13H24N4O3. The molecule has 7 nitrogen and oxygen atoms in total. The first-order valence-electron chi connectivity index (χ1n) is 7.16. The quantitative estimate of drug-likeness (QED) is 0.321. The number of nitrogens with zero attached hydrogens (tertiary/aromatic N) is 3. The van der Waals surface area contributed by atoms with E-state index >= 15 is 0 Å². The van der Waals surface area contributed by atoms with E-state index < -0.39 is 0 Å². The van der Waals surface area contributed by atoms with E-state index in [4.69, 9.17) is 15.7 Å². The van der Waals surface area contributed by atoms with Gasteiger partial charge in [0.1, 0.15) is 6.10 Å². The molecule has 0 spiro atoms. The summed E-state index contributed by atoms with van der Waals surface area (Å²) in [5.74, 6) is 0.611. The number of carbonyl (C=O) groups excluding carboxylic acids is 1. The van der Waals surface area contributed by atoms with Gasteiger partial charge in [-0.2, -0.15) is 0 Å². The van der Waals surface area contributed by atoms with E-state index in [2.05, 4.69) is 17.0 Å². The SMILES string of the molecule is CC1CCOC1C(=O)N1CCN(C(C)C(N)=NO)CC1. The second-order valence-electron chi connectivity index (χ2n) is 5.62. The molecule has 114 valence electrons. The zero-order valence-electron chi connectivity index (χ0n) is 12.2. The Kier molecular flexibility index (Phi) is 4.82. The number of nitrogens with two attached hydrogens (primary N) is 1. The molecular weight excluding hydrogens is 260 g/mol. The Hall–Kier alpha value is -1.34. The number of ether oxygens (including phenoxy) is 1. The van der Waals surface area contributed by atoms with Crippen LogP contribution in [-0.2, 0) is 9.53 Å². The number of hydrogen-bond acceptors (Lipinski definition) is 5. The van der Waals surface area contributed by atoms with Crippen LogP contribution < -0.4 is 5.73 Å². The van der Waals surface area contributed by atoms with E-state index in [-0.39, 0.29) is 23.9 Å². The Morgan fingerprint density at radius 3 is 2.55 bits per heavy atom. The fourth-order valence-electron chi connectivity index (χ4n) is 2.79. The van der Waals surface area contributed by atoms with Gasteiger partial charge in [0, 0.05) is 32.8 Å². The molecule has 2 aliphatic heterocycles. The Bertz CT molecular complexity index is 380. The van der Waals surface area contributed by atoms with Gasteiger partial charge in [-0.05, 0) is 19.3 Å². The zero-order chi connectivity index (χ0) is 14.7. The van der Waals surface area contributed by atoms with E-state index in [1.54, 1.807) is 0 Å². The number of amides is 1. The summed E-state index contributed by atoms with van der Waals surface area (Å²) >= 11 is 0. The van der Waals surface area contributed by atoms with Crippen molar-refractivity contribution in [3.05, 3.63) is 0 Å². The highest BCUT2D eigenvalue weighted by atomic mass is 16.5. The molecule has 2 heterocycles. The summed E-state index contributed by atoms with van der Waals surface area (Å²) in [6.45, 7) is 7.41. The lowest BCUT2D eigenvalue weighted by atomic mass is 10.0. The van der Waals surface area contributed by atoms with Crippen molar-refractivity contribution >= 4 is 11.7 Å². The molecule has 3 atom stereocenters. The first kappa shape index (κ1) is 15.1. The van der Waals surface area contributed by atoms with Gasteiger partial charge in [-0.25, -0.2) is 0 Å². The molecule has 0 saturated carbocycles. The normalized spacial score (nSPS) is 30.5. The monoisotopic (exact) mass is 284 g/mol. The van der Waals surface area contributed by atoms with Crippen molar-refractivity contribution < 1.29 is 14.7 Å². The molecule has 0 aliphatic carbocycles. The minimum atomic E-state index is -0.275. The molecule has 7 heteroatoms. The van der Waals surface area contributed by atoms with Gasteiger partial charge in [0.15, 0.2) is 5.84 Å². The van der Waals surface area contributed by atoms with E-state index in [1.807, 2.05) is 11.8 Å². The van der Waals surface area contributed by atoms with Crippen molar-refractivity contribution in [3.8, 4) is 0 Å². The van der Waals surface area contributed by atoms with Crippen LogP contribution in [0.25, 0.3) is 0 Å². The third-order valence-electron chi connectivity index (χ3n) is 4.35. The minimum absolute atomic E-state index is 0.103. The molecule has 2 fully saturated rings. The van der Waals surface area contributed by atoms with Gasteiger partial charge in [0.25, 0.3) is 5.91 Å². The Morgan fingerprint density at radius 2 is 2.05 bits per heavy atom. The van der Waals surface area contributed by atoms with Crippen molar-refractivity contribution in [1.29, 1.82) is 0 Å². The molecule has 3 N–H and O–H groups in total. The first-order chi connectivity index (χ1) is 9.54. The fourth-order valence-corrected chi connectivity index (χ4v) is 2.79. The predicted octanol–water partition coefficient (Wildman–Crippen LogP) is -0.309. The van der Waals surface area contributed by atoms with Crippen LogP contribution in [0.4, 0.5) is 0 Å². The smallest absolute Gasteiger partial charge is 0.252 e. The van der Waals surface area contributed by atoms with Gasteiger partial charge in [-0.15, -0.1) is 0 Å². The largest absolute Gasteiger partial charge is 0.409 e. The number of hydrogen-bond donors (Lipinski definition) is 2.